The Bertz CT molecular complexity index is 304. The first-order valence-corrected chi connectivity index (χ1v) is 7.29. The van der Waals surface area contributed by atoms with E-state index in [4.69, 9.17) is 9.84 Å². The first-order valence-electron chi connectivity index (χ1n) is 7.29. The van der Waals surface area contributed by atoms with Crippen LogP contribution in [0.4, 0.5) is 0 Å². The molecule has 3 fully saturated rings. The number of carbonyl (C=O) groups excluding carboxylic acids is 1. The first-order chi connectivity index (χ1) is 8.83. The third-order valence-corrected chi connectivity index (χ3v) is 5.04. The minimum atomic E-state index is 0.0700. The normalized spacial score (nSPS) is 39.7. The summed E-state index contributed by atoms with van der Waals surface area (Å²) in [6.07, 6.45) is 4.96. The van der Waals surface area contributed by atoms with E-state index in [2.05, 4.69) is 5.32 Å². The number of rotatable bonds is 7. The van der Waals surface area contributed by atoms with Crippen LogP contribution in [-0.2, 0) is 9.53 Å². The van der Waals surface area contributed by atoms with E-state index in [0.29, 0.717) is 25.7 Å². The fourth-order valence-corrected chi connectivity index (χ4v) is 4.35. The van der Waals surface area contributed by atoms with Crippen LogP contribution in [-0.4, -0.2) is 37.4 Å². The van der Waals surface area contributed by atoms with Crippen LogP contribution in [0.1, 0.15) is 25.7 Å². The summed E-state index contributed by atoms with van der Waals surface area (Å²) in [6, 6.07) is 0. The van der Waals surface area contributed by atoms with Gasteiger partial charge in [-0.1, -0.05) is 0 Å². The summed E-state index contributed by atoms with van der Waals surface area (Å²) in [5.41, 5.74) is 0. The molecule has 3 saturated carbocycles. The highest BCUT2D eigenvalue weighted by molar-refractivity contribution is 5.82. The second-order valence-electron chi connectivity index (χ2n) is 5.99. The van der Waals surface area contributed by atoms with Crippen molar-refractivity contribution in [3.8, 4) is 0 Å². The van der Waals surface area contributed by atoms with Crippen LogP contribution >= 0.6 is 0 Å². The minimum absolute atomic E-state index is 0.0700. The second kappa shape index (κ2) is 5.17. The van der Waals surface area contributed by atoms with E-state index in [-0.39, 0.29) is 12.5 Å². The second-order valence-corrected chi connectivity index (χ2v) is 5.99. The number of nitrogens with one attached hydrogen (secondary N) is 1. The zero-order valence-electron chi connectivity index (χ0n) is 10.8. The largest absolute Gasteiger partial charge is 0.394 e. The molecule has 0 radical (unpaired) electrons. The van der Waals surface area contributed by atoms with Crippen molar-refractivity contribution in [2.45, 2.75) is 25.7 Å². The predicted octanol–water partition coefficient (Wildman–Crippen LogP) is 0.794. The van der Waals surface area contributed by atoms with Gasteiger partial charge in [0.15, 0.2) is 0 Å². The van der Waals surface area contributed by atoms with Crippen LogP contribution in [0.15, 0.2) is 0 Å². The minimum Gasteiger partial charge on any atom is -0.394 e. The summed E-state index contributed by atoms with van der Waals surface area (Å²) < 4.78 is 5.16. The van der Waals surface area contributed by atoms with Crippen LogP contribution in [0.5, 0.6) is 0 Å². The van der Waals surface area contributed by atoms with Gasteiger partial charge in [-0.25, -0.2) is 0 Å². The van der Waals surface area contributed by atoms with Crippen molar-refractivity contribution in [3.63, 3.8) is 0 Å². The molecule has 2 N–H and O–H groups in total. The highest BCUT2D eigenvalue weighted by Gasteiger charge is 2.67. The third kappa shape index (κ3) is 2.16. The summed E-state index contributed by atoms with van der Waals surface area (Å²) in [6.45, 7) is 1.78. The summed E-state index contributed by atoms with van der Waals surface area (Å²) in [7, 11) is 0. The van der Waals surface area contributed by atoms with E-state index >= 15 is 0 Å². The number of ether oxygens (including phenoxy) is 1. The van der Waals surface area contributed by atoms with E-state index in [1.165, 1.54) is 19.3 Å². The van der Waals surface area contributed by atoms with Gasteiger partial charge >= 0.3 is 0 Å². The zero-order valence-corrected chi connectivity index (χ0v) is 10.8. The molecule has 4 atom stereocenters. The van der Waals surface area contributed by atoms with E-state index < -0.39 is 0 Å². The van der Waals surface area contributed by atoms with Crippen molar-refractivity contribution < 1.29 is 14.6 Å². The molecule has 4 heteroatoms. The van der Waals surface area contributed by atoms with Gasteiger partial charge in [-0.15, -0.1) is 0 Å². The predicted molar refractivity (Wildman–Crippen MR) is 66.8 cm³/mol. The number of hydrogen-bond acceptors (Lipinski definition) is 3. The molecule has 0 aromatic carbocycles. The zero-order chi connectivity index (χ0) is 12.5. The molecule has 3 aliphatic rings. The Morgan fingerprint density at radius 3 is 2.61 bits per heavy atom. The third-order valence-electron chi connectivity index (χ3n) is 5.04. The quantitative estimate of drug-likeness (QED) is 0.660. The molecule has 2 bridgehead atoms. The average Bonchev–Trinajstić information content (AvgIpc) is 2.82. The lowest BCUT2D eigenvalue weighted by atomic mass is 10.0. The molecule has 0 aromatic rings. The number of aliphatic hydroxyl groups excluding tert-OH is 1. The molecule has 1 amide bonds. The summed E-state index contributed by atoms with van der Waals surface area (Å²) in [5.74, 6) is 3.81. The molecule has 102 valence electrons. The van der Waals surface area contributed by atoms with Crippen LogP contribution < -0.4 is 5.32 Å². The van der Waals surface area contributed by atoms with E-state index in [0.717, 1.165) is 30.1 Å². The number of amides is 1. The van der Waals surface area contributed by atoms with Gasteiger partial charge in [0, 0.05) is 19.1 Å². The fourth-order valence-electron chi connectivity index (χ4n) is 4.35. The molecule has 4 nitrogen and oxygen atoms in total. The van der Waals surface area contributed by atoms with Gasteiger partial charge < -0.3 is 15.2 Å². The highest BCUT2D eigenvalue weighted by Crippen LogP contribution is 2.69. The lowest BCUT2D eigenvalue weighted by Gasteiger charge is -2.09. The van der Waals surface area contributed by atoms with Gasteiger partial charge in [-0.3, -0.25) is 4.79 Å². The maximum atomic E-state index is 12.0. The Kier molecular flexibility index (Phi) is 3.57. The van der Waals surface area contributed by atoms with E-state index in [9.17, 15) is 4.79 Å². The Morgan fingerprint density at radius 1 is 1.22 bits per heavy atom. The van der Waals surface area contributed by atoms with Gasteiger partial charge in [0.2, 0.25) is 5.91 Å². The van der Waals surface area contributed by atoms with Gasteiger partial charge in [0.25, 0.3) is 0 Å². The monoisotopic (exact) mass is 253 g/mol. The molecule has 3 rings (SSSR count). The van der Waals surface area contributed by atoms with Crippen molar-refractivity contribution in [1.82, 2.24) is 5.32 Å². The molecule has 3 aliphatic carbocycles. The summed E-state index contributed by atoms with van der Waals surface area (Å²) in [4.78, 5) is 12.0. The molecule has 0 heterocycles. The standard InChI is InChI=1S/C14H23NO3/c16-5-7-18-6-1-4-15-14(17)13-11-9-2-3-10(8-9)12(11)13/h9-13,16H,1-8H2,(H,15,17). The SMILES string of the molecule is O=C(NCCCOCCO)C1C2C3CCC(C3)C12. The number of fused-ring (bicyclic) bond motifs is 5. The van der Waals surface area contributed by atoms with Crippen molar-refractivity contribution in [1.29, 1.82) is 0 Å². The average molecular weight is 253 g/mol. The Hall–Kier alpha value is -0.610. The lowest BCUT2D eigenvalue weighted by Crippen LogP contribution is -2.29. The van der Waals surface area contributed by atoms with Crippen molar-refractivity contribution in [3.05, 3.63) is 0 Å². The highest BCUT2D eigenvalue weighted by atomic mass is 16.5. The van der Waals surface area contributed by atoms with Crippen molar-refractivity contribution >= 4 is 5.91 Å². The Morgan fingerprint density at radius 2 is 1.94 bits per heavy atom. The van der Waals surface area contributed by atoms with Crippen LogP contribution in [0, 0.1) is 29.6 Å². The van der Waals surface area contributed by atoms with Gasteiger partial charge in [-0.2, -0.15) is 0 Å². The molecule has 0 saturated heterocycles. The Labute approximate surface area is 108 Å². The van der Waals surface area contributed by atoms with Gasteiger partial charge in [0.1, 0.15) is 0 Å². The maximum Gasteiger partial charge on any atom is 0.223 e. The lowest BCUT2D eigenvalue weighted by molar-refractivity contribution is -0.123. The molecule has 4 unspecified atom stereocenters. The number of aliphatic hydroxyl groups is 1. The molecule has 0 aromatic heterocycles. The van der Waals surface area contributed by atoms with Crippen molar-refractivity contribution in [2.75, 3.05) is 26.4 Å². The van der Waals surface area contributed by atoms with Crippen molar-refractivity contribution in [2.24, 2.45) is 29.6 Å². The fraction of sp³-hybridized carbons (Fsp3) is 0.929. The summed E-state index contributed by atoms with van der Waals surface area (Å²) >= 11 is 0. The molecule has 18 heavy (non-hydrogen) atoms. The van der Waals surface area contributed by atoms with E-state index in [1.54, 1.807) is 0 Å². The smallest absolute Gasteiger partial charge is 0.223 e. The van der Waals surface area contributed by atoms with Gasteiger partial charge in [-0.05, 0) is 49.4 Å². The van der Waals surface area contributed by atoms with E-state index in [1.807, 2.05) is 0 Å². The number of carbonyl (C=O) groups is 1. The van der Waals surface area contributed by atoms with Crippen LogP contribution in [0.2, 0.25) is 0 Å². The number of hydrogen-bond donors (Lipinski definition) is 2. The maximum absolute atomic E-state index is 12.0. The topological polar surface area (TPSA) is 58.6 Å². The summed E-state index contributed by atoms with van der Waals surface area (Å²) in [5, 5.41) is 11.6. The van der Waals surface area contributed by atoms with Crippen LogP contribution in [0.25, 0.3) is 0 Å². The molecular weight excluding hydrogens is 230 g/mol. The Balaban J connectivity index is 1.32. The molecule has 0 aliphatic heterocycles. The molecular formula is C14H23NO3. The van der Waals surface area contributed by atoms with Crippen LogP contribution in [0.3, 0.4) is 0 Å². The molecule has 0 spiro atoms. The first kappa shape index (κ1) is 12.4. The van der Waals surface area contributed by atoms with Gasteiger partial charge in [0.05, 0.1) is 13.2 Å².